The maximum atomic E-state index is 13.5. The molecule has 0 bridgehead atoms. The summed E-state index contributed by atoms with van der Waals surface area (Å²) in [6.45, 7) is 11.6. The quantitative estimate of drug-likeness (QED) is 0.111. The number of fused-ring (bicyclic) bond motifs is 1. The number of aromatic nitrogens is 1. The molecule has 294 valence electrons. The predicted molar refractivity (Wildman–Crippen MR) is 191 cm³/mol. The zero-order valence-electron chi connectivity index (χ0n) is 31.5. The highest BCUT2D eigenvalue weighted by Crippen LogP contribution is 2.57. The Bertz CT molecular complexity index is 1810. The van der Waals surface area contributed by atoms with E-state index in [1.54, 1.807) is 47.6 Å². The van der Waals surface area contributed by atoms with E-state index in [0.717, 1.165) is 19.1 Å². The Balaban J connectivity index is 1.39. The van der Waals surface area contributed by atoms with Crippen molar-refractivity contribution in [3.8, 4) is 23.7 Å². The second-order valence-electron chi connectivity index (χ2n) is 15.6. The van der Waals surface area contributed by atoms with Gasteiger partial charge < -0.3 is 19.5 Å². The first-order chi connectivity index (χ1) is 24.4. The zero-order valence-corrected chi connectivity index (χ0v) is 33.2. The lowest BCUT2D eigenvalue weighted by atomic mass is 10.0. The molecule has 3 heterocycles. The minimum absolute atomic E-state index is 0.0184. The van der Waals surface area contributed by atoms with Crippen LogP contribution in [0.3, 0.4) is 0 Å². The molecule has 4 rings (SSSR count). The second kappa shape index (κ2) is 16.1. The third kappa shape index (κ3) is 11.5. The summed E-state index contributed by atoms with van der Waals surface area (Å²) in [6, 6.07) is 1.29. The number of nitrogens with zero attached hydrogens (tertiary/aromatic N) is 2. The third-order valence-electron chi connectivity index (χ3n) is 8.69. The van der Waals surface area contributed by atoms with Crippen molar-refractivity contribution in [2.45, 2.75) is 122 Å². The van der Waals surface area contributed by atoms with E-state index in [1.807, 2.05) is 0 Å². The summed E-state index contributed by atoms with van der Waals surface area (Å²) >= 11 is 0. The van der Waals surface area contributed by atoms with Gasteiger partial charge in [0.1, 0.15) is 6.10 Å². The number of carbonyl (C=O) groups is 3. The molecule has 53 heavy (non-hydrogen) atoms. The van der Waals surface area contributed by atoms with Crippen molar-refractivity contribution in [3.05, 3.63) is 23.5 Å². The van der Waals surface area contributed by atoms with Crippen LogP contribution in [0.5, 0.6) is 0 Å². The molecule has 2 N–H and O–H groups in total. The first-order valence-electron chi connectivity index (χ1n) is 17.3. The van der Waals surface area contributed by atoms with Crippen molar-refractivity contribution in [3.63, 3.8) is 0 Å². The number of rotatable bonds is 14. The summed E-state index contributed by atoms with van der Waals surface area (Å²) in [5.74, 6) is 10.5. The van der Waals surface area contributed by atoms with Gasteiger partial charge in [0, 0.05) is 43.3 Å². The number of phosphoric ester groups is 1. The molecule has 0 radical (unpaired) electrons. The summed E-state index contributed by atoms with van der Waals surface area (Å²) < 4.78 is 65.9. The van der Waals surface area contributed by atoms with Crippen molar-refractivity contribution in [2.24, 2.45) is 5.41 Å². The molecule has 2 unspecified atom stereocenters. The molecule has 1 aromatic heterocycles. The van der Waals surface area contributed by atoms with Gasteiger partial charge in [0.2, 0.25) is 0 Å². The van der Waals surface area contributed by atoms with Crippen LogP contribution in [-0.4, -0.2) is 95.4 Å². The van der Waals surface area contributed by atoms with Gasteiger partial charge in [-0.25, -0.2) is 32.9 Å². The van der Waals surface area contributed by atoms with Crippen molar-refractivity contribution >= 4 is 35.8 Å². The van der Waals surface area contributed by atoms with Crippen molar-refractivity contribution < 1.29 is 60.4 Å². The maximum absolute atomic E-state index is 13.5. The summed E-state index contributed by atoms with van der Waals surface area (Å²) in [6.07, 6.45) is 2.30. The lowest BCUT2D eigenvalue weighted by molar-refractivity contribution is -0.201. The van der Waals surface area contributed by atoms with E-state index in [4.69, 9.17) is 27.9 Å². The fraction of sp³-hybridized carbons (Fsp3) is 0.686. The first-order valence-corrected chi connectivity index (χ1v) is 20.7. The van der Waals surface area contributed by atoms with Gasteiger partial charge in [0.05, 0.1) is 29.8 Å². The van der Waals surface area contributed by atoms with Gasteiger partial charge in [-0.1, -0.05) is 11.8 Å². The highest BCUT2D eigenvalue weighted by Gasteiger charge is 2.52. The molecule has 1 saturated heterocycles. The Hall–Kier alpha value is -3.41. The van der Waals surface area contributed by atoms with Gasteiger partial charge in [-0.05, 0) is 98.5 Å². The van der Waals surface area contributed by atoms with Crippen LogP contribution in [0.15, 0.2) is 12.3 Å². The minimum Gasteiger partial charge on any atom is -0.450 e. The molecule has 0 spiro atoms. The SMILES string of the molecule is CC(C)(C)OP(=O)(OCC(OC(=O)O)C1(C#CC#Cc2cc3n(c2)C(=O)N(CC[C@](C)(C(=O)NOC2CCCCO2)S(C)(=O)=O)C3)CC1)OC(C)(C)C. The first kappa shape index (κ1) is 42.3. The third-order valence-corrected chi connectivity index (χ3v) is 12.7. The standard InChI is InChI=1S/C35H50N3O13PS/c1-32(2,3)50-52(43,51-33(4,5)6)47-24-27(48-31(41)42)35(16-17-35)15-11-9-13-25-21-26-23-37(30(40)38(26)22-25)19-18-34(7,53(8,44)45)29(39)36-49-28-14-10-12-20-46-28/h21-22,27-28H,10,12,14,16-20,23-24H2,1-8H3,(H,36,39)(H,41,42)/t27?,28?,34-/m1/s1. The van der Waals surface area contributed by atoms with E-state index in [9.17, 15) is 32.5 Å². The number of nitrogens with one attached hydrogen (secondary N) is 1. The zero-order chi connectivity index (χ0) is 39.5. The molecule has 1 saturated carbocycles. The molecule has 1 aromatic rings. The Morgan fingerprint density at radius 2 is 1.77 bits per heavy atom. The molecule has 0 aromatic carbocycles. The Morgan fingerprint density at radius 3 is 2.30 bits per heavy atom. The summed E-state index contributed by atoms with van der Waals surface area (Å²) in [5.41, 5.74) is 0.645. The average Bonchev–Trinajstić information content (AvgIpc) is 3.62. The van der Waals surface area contributed by atoms with Gasteiger partial charge in [-0.2, -0.15) is 0 Å². The van der Waals surface area contributed by atoms with Gasteiger partial charge in [0.15, 0.2) is 20.9 Å². The van der Waals surface area contributed by atoms with Crippen LogP contribution in [-0.2, 0) is 53.6 Å². The normalized spacial score (nSPS) is 20.2. The van der Waals surface area contributed by atoms with Gasteiger partial charge in [0.25, 0.3) is 5.91 Å². The van der Waals surface area contributed by atoms with Crippen molar-refractivity contribution in [2.75, 3.05) is 26.0 Å². The lowest BCUT2D eigenvalue weighted by Crippen LogP contribution is -2.52. The van der Waals surface area contributed by atoms with Crippen molar-refractivity contribution in [1.82, 2.24) is 14.9 Å². The second-order valence-corrected chi connectivity index (χ2v) is 19.5. The van der Waals surface area contributed by atoms with E-state index >= 15 is 0 Å². The van der Waals surface area contributed by atoms with Crippen molar-refractivity contribution in [1.29, 1.82) is 0 Å². The molecule has 2 amide bonds. The number of hydrogen-bond acceptors (Lipinski definition) is 12. The molecule has 16 nitrogen and oxygen atoms in total. The Morgan fingerprint density at radius 1 is 1.11 bits per heavy atom. The fourth-order valence-electron chi connectivity index (χ4n) is 5.56. The number of hydroxylamine groups is 1. The molecule has 3 atom stereocenters. The molecule has 2 fully saturated rings. The maximum Gasteiger partial charge on any atom is 0.506 e. The molecular formula is C35H50N3O13PS. The van der Waals surface area contributed by atoms with E-state index < -0.39 is 76.1 Å². The highest BCUT2D eigenvalue weighted by molar-refractivity contribution is 7.92. The van der Waals surface area contributed by atoms with E-state index in [0.29, 0.717) is 37.1 Å². The largest absolute Gasteiger partial charge is 0.506 e. The van der Waals surface area contributed by atoms with Gasteiger partial charge in [-0.3, -0.25) is 22.9 Å². The van der Waals surface area contributed by atoms with Gasteiger partial charge in [-0.15, -0.1) is 0 Å². The number of phosphoric acid groups is 1. The average molecular weight is 784 g/mol. The van der Waals surface area contributed by atoms with Crippen LogP contribution >= 0.6 is 7.82 Å². The molecule has 1 aliphatic carbocycles. The Labute approximate surface area is 311 Å². The fourth-order valence-corrected chi connectivity index (χ4v) is 8.21. The van der Waals surface area contributed by atoms with Crippen LogP contribution < -0.4 is 5.48 Å². The van der Waals surface area contributed by atoms with Crippen LogP contribution in [0.25, 0.3) is 0 Å². The topological polar surface area (TPSA) is 198 Å². The van der Waals surface area contributed by atoms with E-state index in [-0.39, 0.29) is 19.5 Å². The molecular weight excluding hydrogens is 733 g/mol. The van der Waals surface area contributed by atoms with E-state index in [2.05, 4.69) is 29.2 Å². The number of carboxylic acid groups (broad SMARTS) is 1. The molecule has 2 aliphatic heterocycles. The monoisotopic (exact) mass is 783 g/mol. The molecule has 3 aliphatic rings. The number of carbonyl (C=O) groups excluding carboxylic acids is 2. The predicted octanol–water partition coefficient (Wildman–Crippen LogP) is 4.99. The van der Waals surface area contributed by atoms with Gasteiger partial charge >= 0.3 is 20.0 Å². The van der Waals surface area contributed by atoms with Crippen LogP contribution in [0.1, 0.15) is 98.2 Å². The number of amides is 2. The summed E-state index contributed by atoms with van der Waals surface area (Å²) in [7, 11) is -8.07. The van der Waals surface area contributed by atoms with Crippen LogP contribution in [0.2, 0.25) is 0 Å². The van der Waals surface area contributed by atoms with Crippen LogP contribution in [0.4, 0.5) is 9.59 Å². The number of sulfone groups is 1. The molecule has 18 heteroatoms. The summed E-state index contributed by atoms with van der Waals surface area (Å²) in [4.78, 5) is 44.6. The lowest BCUT2D eigenvalue weighted by Gasteiger charge is -2.32. The number of ether oxygens (including phenoxy) is 2. The minimum atomic E-state index is -4.15. The van der Waals surface area contributed by atoms with E-state index in [1.165, 1.54) is 22.6 Å². The Kier molecular flexibility index (Phi) is 12.9. The summed E-state index contributed by atoms with van der Waals surface area (Å²) in [5, 5.41) is 9.42. The number of hydrogen-bond donors (Lipinski definition) is 2. The highest BCUT2D eigenvalue weighted by atomic mass is 32.2. The smallest absolute Gasteiger partial charge is 0.450 e. The van der Waals surface area contributed by atoms with Crippen LogP contribution in [0, 0.1) is 29.1 Å².